The van der Waals surface area contributed by atoms with E-state index in [-0.39, 0.29) is 20.2 Å². The second-order valence-electron chi connectivity index (χ2n) is 2.30. The Labute approximate surface area is 74.4 Å². The first kappa shape index (κ1) is 7.52. The van der Waals surface area contributed by atoms with Crippen molar-refractivity contribution in [2.24, 2.45) is 0 Å². The number of aromatic nitrogens is 1. The van der Waals surface area contributed by atoms with E-state index in [1.807, 2.05) is 17.1 Å². The molecular formula is C8H5NO2Se. The number of carboxylic acid groups (broad SMARTS) is 1. The van der Waals surface area contributed by atoms with Gasteiger partial charge in [-0.15, -0.1) is 0 Å². The zero-order valence-corrected chi connectivity index (χ0v) is 7.73. The van der Waals surface area contributed by atoms with E-state index in [2.05, 4.69) is 4.98 Å². The van der Waals surface area contributed by atoms with Gasteiger partial charge in [-0.25, -0.2) is 0 Å². The van der Waals surface area contributed by atoms with Gasteiger partial charge in [0.15, 0.2) is 0 Å². The Hall–Kier alpha value is -1.12. The third-order valence-corrected chi connectivity index (χ3v) is 3.54. The van der Waals surface area contributed by atoms with Crippen LogP contribution < -0.4 is 0 Å². The number of rotatable bonds is 1. The van der Waals surface area contributed by atoms with Crippen molar-refractivity contribution in [1.29, 1.82) is 0 Å². The molecule has 2 aromatic rings. The molecule has 0 radical (unpaired) electrons. The van der Waals surface area contributed by atoms with Crippen molar-refractivity contribution >= 4 is 30.1 Å². The van der Waals surface area contributed by atoms with E-state index in [0.29, 0.717) is 0 Å². The normalized spacial score (nSPS) is 10.3. The van der Waals surface area contributed by atoms with Crippen molar-refractivity contribution in [2.45, 2.75) is 0 Å². The summed E-state index contributed by atoms with van der Waals surface area (Å²) < 4.78 is 0.887. The molecule has 0 saturated carbocycles. The van der Waals surface area contributed by atoms with Crippen molar-refractivity contribution in [3.8, 4) is 0 Å². The number of hydrogen-bond donors (Lipinski definition) is 1. The molecule has 4 heteroatoms. The van der Waals surface area contributed by atoms with Gasteiger partial charge in [0, 0.05) is 0 Å². The van der Waals surface area contributed by atoms with Crippen molar-refractivity contribution in [3.63, 3.8) is 0 Å². The SMILES string of the molecule is O=C(O)c1nccc2cc[se]c12. The molecule has 0 fully saturated rings. The summed E-state index contributed by atoms with van der Waals surface area (Å²) in [5.74, 6) is -0.933. The summed E-state index contributed by atoms with van der Waals surface area (Å²) in [5.41, 5.74) is 0.206. The molecule has 2 aromatic heterocycles. The number of pyridine rings is 1. The third-order valence-electron chi connectivity index (χ3n) is 1.57. The molecule has 0 aromatic carbocycles. The third kappa shape index (κ3) is 1.05. The molecule has 0 amide bonds. The molecule has 0 aliphatic carbocycles. The summed E-state index contributed by atoms with van der Waals surface area (Å²) in [6, 6.07) is 3.79. The van der Waals surface area contributed by atoms with Crippen molar-refractivity contribution < 1.29 is 9.90 Å². The van der Waals surface area contributed by atoms with Crippen LogP contribution in [0.5, 0.6) is 0 Å². The summed E-state index contributed by atoms with van der Waals surface area (Å²) in [6.45, 7) is 0. The molecular weight excluding hydrogens is 221 g/mol. The van der Waals surface area contributed by atoms with Crippen LogP contribution in [0.3, 0.4) is 0 Å². The van der Waals surface area contributed by atoms with Gasteiger partial charge >= 0.3 is 74.0 Å². The zero-order chi connectivity index (χ0) is 8.55. The monoisotopic (exact) mass is 227 g/mol. The van der Waals surface area contributed by atoms with E-state index in [1.165, 1.54) is 6.20 Å². The van der Waals surface area contributed by atoms with Gasteiger partial charge in [-0.05, 0) is 0 Å². The van der Waals surface area contributed by atoms with E-state index in [1.54, 1.807) is 0 Å². The molecule has 3 nitrogen and oxygen atoms in total. The predicted molar refractivity (Wildman–Crippen MR) is 45.6 cm³/mol. The van der Waals surface area contributed by atoms with Crippen LogP contribution >= 0.6 is 0 Å². The van der Waals surface area contributed by atoms with Crippen LogP contribution in [0.4, 0.5) is 0 Å². The predicted octanol–water partition coefficient (Wildman–Crippen LogP) is 0.990. The topological polar surface area (TPSA) is 50.2 Å². The molecule has 0 saturated heterocycles. The van der Waals surface area contributed by atoms with Crippen LogP contribution in [0.2, 0.25) is 0 Å². The Morgan fingerprint density at radius 2 is 2.33 bits per heavy atom. The molecule has 0 bridgehead atoms. The first-order valence-corrected chi connectivity index (χ1v) is 5.19. The standard InChI is InChI=1S/C8H5NO2Se/c10-8(11)6-7-5(1-3-9-6)2-4-12-7/h1-4H,(H,10,11). The summed E-state index contributed by atoms with van der Waals surface area (Å²) >= 11 is 0.150. The van der Waals surface area contributed by atoms with Crippen LogP contribution in [0.1, 0.15) is 10.5 Å². The molecule has 1 N–H and O–H groups in total. The molecule has 0 aliphatic rings. The fourth-order valence-electron chi connectivity index (χ4n) is 1.05. The second-order valence-corrected chi connectivity index (χ2v) is 4.23. The van der Waals surface area contributed by atoms with Crippen LogP contribution in [-0.2, 0) is 0 Å². The van der Waals surface area contributed by atoms with Gasteiger partial charge in [-0.3, -0.25) is 0 Å². The van der Waals surface area contributed by atoms with Crippen molar-refractivity contribution in [3.05, 3.63) is 29.0 Å². The van der Waals surface area contributed by atoms with Gasteiger partial charge in [0.2, 0.25) is 0 Å². The van der Waals surface area contributed by atoms with E-state index in [9.17, 15) is 4.79 Å². The van der Waals surface area contributed by atoms with Crippen LogP contribution in [0, 0.1) is 0 Å². The van der Waals surface area contributed by atoms with E-state index >= 15 is 0 Å². The van der Waals surface area contributed by atoms with Gasteiger partial charge in [-0.1, -0.05) is 0 Å². The summed E-state index contributed by atoms with van der Waals surface area (Å²) in [7, 11) is 0. The number of fused-ring (bicyclic) bond motifs is 1. The van der Waals surface area contributed by atoms with Gasteiger partial charge in [-0.2, -0.15) is 0 Å². The average molecular weight is 226 g/mol. The molecule has 0 spiro atoms. The molecule has 0 aliphatic heterocycles. The first-order valence-electron chi connectivity index (χ1n) is 3.34. The minimum atomic E-state index is -0.933. The maximum atomic E-state index is 10.7. The quantitative estimate of drug-likeness (QED) is 0.737. The summed E-state index contributed by atoms with van der Waals surface area (Å²) in [5, 5.41) is 9.77. The summed E-state index contributed by atoms with van der Waals surface area (Å²) in [4.78, 5) is 16.5. The molecule has 2 rings (SSSR count). The Bertz CT molecular complexity index is 435. The fourth-order valence-corrected chi connectivity index (χ4v) is 2.88. The Kier molecular flexibility index (Phi) is 1.71. The minimum absolute atomic E-state index is 0.150. The molecule has 2 heterocycles. The van der Waals surface area contributed by atoms with Crippen LogP contribution in [0.25, 0.3) is 9.65 Å². The Morgan fingerprint density at radius 3 is 3.08 bits per heavy atom. The average Bonchev–Trinajstić information content (AvgIpc) is 2.49. The van der Waals surface area contributed by atoms with Gasteiger partial charge in [0.25, 0.3) is 0 Å². The van der Waals surface area contributed by atoms with Gasteiger partial charge in [0.1, 0.15) is 0 Å². The van der Waals surface area contributed by atoms with Crippen molar-refractivity contribution in [2.75, 3.05) is 0 Å². The first-order chi connectivity index (χ1) is 5.79. The zero-order valence-electron chi connectivity index (χ0n) is 6.02. The molecule has 0 unspecified atom stereocenters. The second kappa shape index (κ2) is 2.73. The fraction of sp³-hybridized carbons (Fsp3) is 0. The number of aromatic carboxylic acids is 1. The molecule has 12 heavy (non-hydrogen) atoms. The molecule has 60 valence electrons. The van der Waals surface area contributed by atoms with E-state index in [4.69, 9.17) is 5.11 Å². The number of hydrogen-bond acceptors (Lipinski definition) is 2. The van der Waals surface area contributed by atoms with E-state index in [0.717, 1.165) is 9.65 Å². The van der Waals surface area contributed by atoms with Crippen LogP contribution in [-0.4, -0.2) is 30.6 Å². The maximum absolute atomic E-state index is 10.7. The van der Waals surface area contributed by atoms with Gasteiger partial charge < -0.3 is 0 Å². The molecule has 0 atom stereocenters. The van der Waals surface area contributed by atoms with Crippen LogP contribution in [0.15, 0.2) is 23.3 Å². The van der Waals surface area contributed by atoms with Gasteiger partial charge in [0.05, 0.1) is 0 Å². The van der Waals surface area contributed by atoms with Crippen molar-refractivity contribution in [1.82, 2.24) is 4.98 Å². The number of carbonyl (C=O) groups is 1. The Balaban J connectivity index is 2.82. The number of nitrogens with zero attached hydrogens (tertiary/aromatic N) is 1. The number of carboxylic acids is 1. The summed E-state index contributed by atoms with van der Waals surface area (Å²) in [6.07, 6.45) is 1.54. The van der Waals surface area contributed by atoms with E-state index < -0.39 is 5.97 Å². The Morgan fingerprint density at radius 1 is 1.50 bits per heavy atom.